The summed E-state index contributed by atoms with van der Waals surface area (Å²) in [5.41, 5.74) is 4.31. The minimum absolute atomic E-state index is 0.351. The molecule has 5 heteroatoms. The van der Waals surface area contributed by atoms with E-state index in [-0.39, 0.29) is 0 Å². The zero-order valence-electron chi connectivity index (χ0n) is 12.8. The Labute approximate surface area is 129 Å². The standard InChI is InChI=1S/C17H18N2O3/c1-11-12(2)19-16(13(3)18-11)10-22-15-7-4-14(5-8-15)6-9-17(20)21/h4-9H,10H2,1-3H3,(H,20,21). The number of carboxylic acid groups (broad SMARTS) is 1. The quantitative estimate of drug-likeness (QED) is 0.859. The highest BCUT2D eigenvalue weighted by Gasteiger charge is 2.06. The van der Waals surface area contributed by atoms with Gasteiger partial charge in [-0.1, -0.05) is 12.1 Å². The summed E-state index contributed by atoms with van der Waals surface area (Å²) in [6.07, 6.45) is 2.63. The van der Waals surface area contributed by atoms with Gasteiger partial charge in [0.25, 0.3) is 0 Å². The second kappa shape index (κ2) is 6.85. The molecule has 0 bridgehead atoms. The van der Waals surface area contributed by atoms with Crippen LogP contribution in [0.4, 0.5) is 0 Å². The third-order valence-corrected chi connectivity index (χ3v) is 3.25. The molecule has 0 atom stereocenters. The lowest BCUT2D eigenvalue weighted by molar-refractivity contribution is -0.131. The van der Waals surface area contributed by atoms with Crippen molar-refractivity contribution in [2.24, 2.45) is 0 Å². The van der Waals surface area contributed by atoms with Crippen molar-refractivity contribution >= 4 is 12.0 Å². The van der Waals surface area contributed by atoms with Gasteiger partial charge in [-0.05, 0) is 44.5 Å². The minimum Gasteiger partial charge on any atom is -0.487 e. The molecule has 1 N–H and O–H groups in total. The van der Waals surface area contributed by atoms with Crippen LogP contribution < -0.4 is 4.74 Å². The molecule has 1 aromatic heterocycles. The van der Waals surface area contributed by atoms with E-state index in [0.29, 0.717) is 12.4 Å². The molecule has 0 aliphatic rings. The van der Waals surface area contributed by atoms with Crippen LogP contribution in [-0.2, 0) is 11.4 Å². The minimum atomic E-state index is -0.968. The summed E-state index contributed by atoms with van der Waals surface area (Å²) >= 11 is 0. The van der Waals surface area contributed by atoms with Crippen LogP contribution in [0.2, 0.25) is 0 Å². The molecule has 0 fully saturated rings. The average molecular weight is 298 g/mol. The number of rotatable bonds is 5. The number of aromatic nitrogens is 2. The molecule has 0 amide bonds. The smallest absolute Gasteiger partial charge is 0.328 e. The van der Waals surface area contributed by atoms with Crippen LogP contribution in [0, 0.1) is 20.8 Å². The summed E-state index contributed by atoms with van der Waals surface area (Å²) in [5, 5.41) is 8.58. The SMILES string of the molecule is Cc1nc(C)c(COc2ccc(C=CC(=O)O)cc2)nc1C. The van der Waals surface area contributed by atoms with Crippen LogP contribution in [0.1, 0.15) is 28.3 Å². The zero-order chi connectivity index (χ0) is 16.1. The molecule has 0 aliphatic carbocycles. The number of aliphatic carboxylic acids is 1. The summed E-state index contributed by atoms with van der Waals surface area (Å²) in [4.78, 5) is 19.4. The maximum Gasteiger partial charge on any atom is 0.328 e. The van der Waals surface area contributed by atoms with Crippen LogP contribution >= 0.6 is 0 Å². The summed E-state index contributed by atoms with van der Waals surface area (Å²) in [6.45, 7) is 6.13. The monoisotopic (exact) mass is 298 g/mol. The summed E-state index contributed by atoms with van der Waals surface area (Å²) in [6, 6.07) is 7.19. The number of nitrogens with zero attached hydrogens (tertiary/aromatic N) is 2. The van der Waals surface area contributed by atoms with Gasteiger partial charge in [-0.15, -0.1) is 0 Å². The second-order valence-electron chi connectivity index (χ2n) is 4.96. The van der Waals surface area contributed by atoms with Gasteiger partial charge in [-0.25, -0.2) is 4.79 Å². The van der Waals surface area contributed by atoms with Gasteiger partial charge in [-0.2, -0.15) is 0 Å². The Balaban J connectivity index is 2.03. The first-order valence-corrected chi connectivity index (χ1v) is 6.90. The third kappa shape index (κ3) is 4.15. The second-order valence-corrected chi connectivity index (χ2v) is 4.96. The van der Waals surface area contributed by atoms with Gasteiger partial charge in [0, 0.05) is 6.08 Å². The van der Waals surface area contributed by atoms with Gasteiger partial charge in [0.15, 0.2) is 0 Å². The lowest BCUT2D eigenvalue weighted by Gasteiger charge is -2.10. The van der Waals surface area contributed by atoms with E-state index in [2.05, 4.69) is 9.97 Å². The number of aryl methyl sites for hydroxylation is 3. The number of hydrogen-bond acceptors (Lipinski definition) is 4. The predicted molar refractivity (Wildman–Crippen MR) is 83.7 cm³/mol. The number of carboxylic acids is 1. The van der Waals surface area contributed by atoms with Crippen molar-refractivity contribution in [3.8, 4) is 5.75 Å². The van der Waals surface area contributed by atoms with Crippen LogP contribution in [0.5, 0.6) is 5.75 Å². The van der Waals surface area contributed by atoms with Gasteiger partial charge < -0.3 is 9.84 Å². The van der Waals surface area contributed by atoms with Crippen LogP contribution in [-0.4, -0.2) is 21.0 Å². The fourth-order valence-corrected chi connectivity index (χ4v) is 1.89. The van der Waals surface area contributed by atoms with Crippen molar-refractivity contribution in [1.82, 2.24) is 9.97 Å². The van der Waals surface area contributed by atoms with E-state index in [1.165, 1.54) is 6.08 Å². The molecule has 1 aromatic carbocycles. The Hall–Kier alpha value is -2.69. The van der Waals surface area contributed by atoms with E-state index >= 15 is 0 Å². The van der Waals surface area contributed by atoms with E-state index in [0.717, 1.165) is 34.4 Å². The van der Waals surface area contributed by atoms with Gasteiger partial charge >= 0.3 is 5.97 Å². The molecule has 2 aromatic rings. The molecule has 0 spiro atoms. The van der Waals surface area contributed by atoms with Gasteiger partial charge in [0.1, 0.15) is 12.4 Å². The topological polar surface area (TPSA) is 72.3 Å². The third-order valence-electron chi connectivity index (χ3n) is 3.25. The Morgan fingerprint density at radius 2 is 1.73 bits per heavy atom. The van der Waals surface area contributed by atoms with Gasteiger partial charge in [0.2, 0.25) is 0 Å². The molecular formula is C17H18N2O3. The molecule has 0 aliphatic heterocycles. The number of ether oxygens (including phenoxy) is 1. The van der Waals surface area contributed by atoms with Crippen LogP contribution in [0.15, 0.2) is 30.3 Å². The fourth-order valence-electron chi connectivity index (χ4n) is 1.89. The molecule has 0 radical (unpaired) electrons. The molecule has 0 unspecified atom stereocenters. The van der Waals surface area contributed by atoms with E-state index < -0.39 is 5.97 Å². The van der Waals surface area contributed by atoms with Crippen LogP contribution in [0.3, 0.4) is 0 Å². The van der Waals surface area contributed by atoms with Gasteiger partial charge in [-0.3, -0.25) is 9.97 Å². The molecule has 5 nitrogen and oxygen atoms in total. The predicted octanol–water partition coefficient (Wildman–Crippen LogP) is 3.08. The first-order chi connectivity index (χ1) is 10.5. The highest BCUT2D eigenvalue weighted by molar-refractivity contribution is 5.85. The van der Waals surface area contributed by atoms with Crippen molar-refractivity contribution in [1.29, 1.82) is 0 Å². The normalized spacial score (nSPS) is 10.9. The Morgan fingerprint density at radius 3 is 2.36 bits per heavy atom. The van der Waals surface area contributed by atoms with Crippen molar-refractivity contribution in [3.05, 3.63) is 58.7 Å². The Morgan fingerprint density at radius 1 is 1.09 bits per heavy atom. The lowest BCUT2D eigenvalue weighted by atomic mass is 10.2. The summed E-state index contributed by atoms with van der Waals surface area (Å²) < 4.78 is 5.71. The molecular weight excluding hydrogens is 280 g/mol. The molecule has 114 valence electrons. The highest BCUT2D eigenvalue weighted by Crippen LogP contribution is 2.16. The van der Waals surface area contributed by atoms with E-state index in [4.69, 9.17) is 9.84 Å². The molecule has 2 rings (SSSR count). The number of benzene rings is 1. The average Bonchev–Trinajstić information content (AvgIpc) is 2.48. The lowest BCUT2D eigenvalue weighted by Crippen LogP contribution is -2.06. The molecule has 0 saturated carbocycles. The first-order valence-electron chi connectivity index (χ1n) is 6.90. The van der Waals surface area contributed by atoms with E-state index in [9.17, 15) is 4.79 Å². The first kappa shape index (κ1) is 15.7. The van der Waals surface area contributed by atoms with E-state index in [1.54, 1.807) is 24.3 Å². The van der Waals surface area contributed by atoms with Crippen molar-refractivity contribution in [2.75, 3.05) is 0 Å². The summed E-state index contributed by atoms with van der Waals surface area (Å²) in [7, 11) is 0. The maximum absolute atomic E-state index is 10.5. The van der Waals surface area contributed by atoms with Gasteiger partial charge in [0.05, 0.1) is 22.8 Å². The molecule has 1 heterocycles. The number of hydrogen-bond donors (Lipinski definition) is 1. The van der Waals surface area contributed by atoms with Crippen LogP contribution in [0.25, 0.3) is 6.08 Å². The fraction of sp³-hybridized carbons (Fsp3) is 0.235. The molecule has 22 heavy (non-hydrogen) atoms. The number of carbonyl (C=O) groups is 1. The highest BCUT2D eigenvalue weighted by atomic mass is 16.5. The Kier molecular flexibility index (Phi) is 4.88. The zero-order valence-corrected chi connectivity index (χ0v) is 12.8. The Bertz CT molecular complexity index is 707. The maximum atomic E-state index is 10.5. The van der Waals surface area contributed by atoms with E-state index in [1.807, 2.05) is 20.8 Å². The largest absolute Gasteiger partial charge is 0.487 e. The van der Waals surface area contributed by atoms with Crippen molar-refractivity contribution < 1.29 is 14.6 Å². The van der Waals surface area contributed by atoms with Crippen molar-refractivity contribution in [3.63, 3.8) is 0 Å². The van der Waals surface area contributed by atoms with Crippen molar-refractivity contribution in [2.45, 2.75) is 27.4 Å². The summed E-state index contributed by atoms with van der Waals surface area (Å²) in [5.74, 6) is -0.268. The molecule has 0 saturated heterocycles.